The maximum absolute atomic E-state index is 14.0. The van der Waals surface area contributed by atoms with Gasteiger partial charge in [0.05, 0.1) is 23.6 Å². The number of nitrogens with zero attached hydrogens (tertiary/aromatic N) is 3. The van der Waals surface area contributed by atoms with Crippen LogP contribution in [0.25, 0.3) is 11.1 Å². The Hall–Kier alpha value is -3.20. The van der Waals surface area contributed by atoms with E-state index >= 15 is 0 Å². The van der Waals surface area contributed by atoms with E-state index in [0.29, 0.717) is 34.1 Å². The third kappa shape index (κ3) is 5.56. The Morgan fingerprint density at radius 2 is 1.86 bits per heavy atom. The summed E-state index contributed by atoms with van der Waals surface area (Å²) in [5.41, 5.74) is 0.410. The summed E-state index contributed by atoms with van der Waals surface area (Å²) in [7, 11) is 3.28. The molecule has 1 fully saturated rings. The van der Waals surface area contributed by atoms with E-state index in [1.807, 2.05) is 0 Å². The second-order valence-electron chi connectivity index (χ2n) is 8.38. The summed E-state index contributed by atoms with van der Waals surface area (Å²) >= 11 is 1.03. The van der Waals surface area contributed by atoms with Gasteiger partial charge < -0.3 is 14.5 Å². The van der Waals surface area contributed by atoms with Crippen LogP contribution in [0.3, 0.4) is 0 Å². The second kappa shape index (κ2) is 10.2. The molecule has 3 aromatic rings. The van der Waals surface area contributed by atoms with Crippen LogP contribution in [-0.2, 0) is 11.0 Å². The van der Waals surface area contributed by atoms with Crippen LogP contribution in [0.5, 0.6) is 5.75 Å². The van der Waals surface area contributed by atoms with Crippen molar-refractivity contribution in [2.45, 2.75) is 35.4 Å². The predicted octanol–water partition coefficient (Wildman–Crippen LogP) is 5.98. The van der Waals surface area contributed by atoms with E-state index in [-0.39, 0.29) is 16.8 Å². The van der Waals surface area contributed by atoms with Gasteiger partial charge in [0.1, 0.15) is 11.6 Å². The molecule has 5 nitrogen and oxygen atoms in total. The van der Waals surface area contributed by atoms with Crippen LogP contribution in [0.4, 0.5) is 19.0 Å². The molecule has 1 aliphatic rings. The summed E-state index contributed by atoms with van der Waals surface area (Å²) in [5, 5.41) is 0. The first-order chi connectivity index (χ1) is 16.7. The number of hydrogen-bond donors (Lipinski definition) is 0. The van der Waals surface area contributed by atoms with Gasteiger partial charge in [-0.1, -0.05) is 30.0 Å². The van der Waals surface area contributed by atoms with Gasteiger partial charge in [0, 0.05) is 38.2 Å². The van der Waals surface area contributed by atoms with Crippen LogP contribution in [0.1, 0.15) is 18.9 Å². The Labute approximate surface area is 206 Å². The molecular formula is C26H26F3N3O2S. The monoisotopic (exact) mass is 501 g/mol. The Kier molecular flexibility index (Phi) is 7.25. The van der Waals surface area contributed by atoms with Crippen molar-refractivity contribution in [3.8, 4) is 16.9 Å². The number of benzene rings is 2. The molecule has 9 heteroatoms. The molecule has 4 rings (SSSR count). The van der Waals surface area contributed by atoms with Crippen molar-refractivity contribution in [3.05, 3.63) is 66.4 Å². The van der Waals surface area contributed by atoms with E-state index in [1.54, 1.807) is 60.6 Å². The molecular weight excluding hydrogens is 475 g/mol. The average molecular weight is 502 g/mol. The van der Waals surface area contributed by atoms with Crippen molar-refractivity contribution in [2.75, 3.05) is 32.1 Å². The van der Waals surface area contributed by atoms with E-state index in [0.717, 1.165) is 24.7 Å². The minimum absolute atomic E-state index is 0.00400. The van der Waals surface area contributed by atoms with E-state index in [1.165, 1.54) is 26.2 Å². The quantitative estimate of drug-likeness (QED) is 0.416. The first-order valence-electron chi connectivity index (χ1n) is 11.1. The number of para-hydroxylation sites is 1. The van der Waals surface area contributed by atoms with Crippen molar-refractivity contribution in [2.24, 2.45) is 0 Å². The molecule has 0 aliphatic carbocycles. The molecule has 1 saturated heterocycles. The lowest BCUT2D eigenvalue weighted by atomic mass is 10.0. The molecule has 184 valence electrons. The number of alkyl halides is 3. The molecule has 2 heterocycles. The molecule has 2 aromatic carbocycles. The summed E-state index contributed by atoms with van der Waals surface area (Å²) in [6.45, 7) is 2.89. The molecule has 0 radical (unpaired) electrons. The normalized spacial score (nSPS) is 15.8. The summed E-state index contributed by atoms with van der Waals surface area (Å²) in [6, 6.07) is 15.0. The van der Waals surface area contributed by atoms with Crippen molar-refractivity contribution in [1.29, 1.82) is 0 Å². The molecule has 0 spiro atoms. The summed E-state index contributed by atoms with van der Waals surface area (Å²) < 4.78 is 47.4. The van der Waals surface area contributed by atoms with Gasteiger partial charge in [-0.2, -0.15) is 13.2 Å². The van der Waals surface area contributed by atoms with Gasteiger partial charge in [0.25, 0.3) is 0 Å². The lowest BCUT2D eigenvalue weighted by Crippen LogP contribution is -2.37. The van der Waals surface area contributed by atoms with Crippen molar-refractivity contribution < 1.29 is 22.7 Å². The number of methoxy groups -OCH3 is 1. The van der Waals surface area contributed by atoms with Gasteiger partial charge in [-0.15, -0.1) is 0 Å². The third-order valence-electron chi connectivity index (χ3n) is 6.18. The summed E-state index contributed by atoms with van der Waals surface area (Å²) in [5.74, 6) is 1.21. The molecule has 1 atom stereocenters. The number of amides is 1. The Morgan fingerprint density at radius 1 is 1.11 bits per heavy atom. The van der Waals surface area contributed by atoms with Gasteiger partial charge in [-0.05, 0) is 53.9 Å². The fourth-order valence-corrected chi connectivity index (χ4v) is 5.19. The fraction of sp³-hybridized carbons (Fsp3) is 0.308. The Bertz CT molecular complexity index is 1220. The number of ether oxygens (including phenoxy) is 1. The van der Waals surface area contributed by atoms with Gasteiger partial charge >= 0.3 is 6.18 Å². The highest BCUT2D eigenvalue weighted by Crippen LogP contribution is 2.43. The van der Waals surface area contributed by atoms with Crippen LogP contribution in [0, 0.1) is 0 Å². The van der Waals surface area contributed by atoms with Crippen LogP contribution in [-0.4, -0.2) is 49.1 Å². The summed E-state index contributed by atoms with van der Waals surface area (Å²) in [4.78, 5) is 20.6. The minimum atomic E-state index is -4.52. The van der Waals surface area contributed by atoms with Crippen molar-refractivity contribution in [1.82, 2.24) is 9.88 Å². The number of pyridine rings is 1. The standard InChI is InChI=1S/C26H26F3N3O2S/c1-17(33)31(2)20-11-13-32(16-20)25-15-19(10-12-30-25)18-8-9-23(21(14-18)26(27,28)29)35-24-7-5-4-6-22(24)34-3/h4-10,12,14-15,20H,11,13,16H2,1-3H3/t20-/m1/s1. The summed E-state index contributed by atoms with van der Waals surface area (Å²) in [6.07, 6.45) is -2.10. The van der Waals surface area contributed by atoms with Crippen LogP contribution < -0.4 is 9.64 Å². The zero-order valence-electron chi connectivity index (χ0n) is 19.7. The van der Waals surface area contributed by atoms with Gasteiger partial charge in [0.15, 0.2) is 0 Å². The highest BCUT2D eigenvalue weighted by molar-refractivity contribution is 7.99. The fourth-order valence-electron chi connectivity index (χ4n) is 4.14. The van der Waals surface area contributed by atoms with Crippen molar-refractivity contribution in [3.63, 3.8) is 0 Å². The number of aromatic nitrogens is 1. The van der Waals surface area contributed by atoms with E-state index in [4.69, 9.17) is 4.74 Å². The Morgan fingerprint density at radius 3 is 2.57 bits per heavy atom. The molecule has 0 N–H and O–H groups in total. The number of rotatable bonds is 6. The second-order valence-corrected chi connectivity index (χ2v) is 9.47. The van der Waals surface area contributed by atoms with E-state index in [2.05, 4.69) is 9.88 Å². The zero-order chi connectivity index (χ0) is 25.2. The van der Waals surface area contributed by atoms with Crippen LogP contribution >= 0.6 is 11.8 Å². The minimum Gasteiger partial charge on any atom is -0.496 e. The number of hydrogen-bond acceptors (Lipinski definition) is 5. The number of carbonyl (C=O) groups excluding carboxylic acids is 1. The average Bonchev–Trinajstić information content (AvgIpc) is 3.34. The van der Waals surface area contributed by atoms with Gasteiger partial charge in [-0.25, -0.2) is 4.98 Å². The molecule has 0 bridgehead atoms. The number of halogens is 3. The van der Waals surface area contributed by atoms with Gasteiger partial charge in [0.2, 0.25) is 5.91 Å². The molecule has 1 aliphatic heterocycles. The molecule has 0 saturated carbocycles. The largest absolute Gasteiger partial charge is 0.496 e. The number of carbonyl (C=O) groups is 1. The molecule has 1 amide bonds. The lowest BCUT2D eigenvalue weighted by Gasteiger charge is -2.24. The number of anilines is 1. The molecule has 35 heavy (non-hydrogen) atoms. The molecule has 0 unspecified atom stereocenters. The van der Waals surface area contributed by atoms with Crippen LogP contribution in [0.15, 0.2) is 70.6 Å². The highest BCUT2D eigenvalue weighted by atomic mass is 32.2. The zero-order valence-corrected chi connectivity index (χ0v) is 20.5. The third-order valence-corrected chi connectivity index (χ3v) is 7.32. The molecule has 1 aromatic heterocycles. The smallest absolute Gasteiger partial charge is 0.417 e. The first-order valence-corrected chi connectivity index (χ1v) is 12.0. The number of likely N-dealkylation sites (N-methyl/N-ethyl adjacent to an activating group) is 1. The predicted molar refractivity (Wildman–Crippen MR) is 131 cm³/mol. The first kappa shape index (κ1) is 24.9. The lowest BCUT2D eigenvalue weighted by molar-refractivity contribution is -0.139. The van der Waals surface area contributed by atoms with Gasteiger partial charge in [-0.3, -0.25) is 4.79 Å². The Balaban J connectivity index is 1.63. The maximum Gasteiger partial charge on any atom is 0.417 e. The van der Waals surface area contributed by atoms with E-state index in [9.17, 15) is 18.0 Å². The topological polar surface area (TPSA) is 45.7 Å². The van der Waals surface area contributed by atoms with Crippen molar-refractivity contribution >= 4 is 23.5 Å². The van der Waals surface area contributed by atoms with E-state index < -0.39 is 11.7 Å². The maximum atomic E-state index is 14.0. The van der Waals surface area contributed by atoms with Crippen LogP contribution in [0.2, 0.25) is 0 Å². The SMILES string of the molecule is COc1ccccc1Sc1ccc(-c2ccnc(N3CC[C@@H](N(C)C(C)=O)C3)c2)cc1C(F)(F)F. The highest BCUT2D eigenvalue weighted by Gasteiger charge is 2.34.